The van der Waals surface area contributed by atoms with Crippen molar-refractivity contribution in [3.8, 4) is 0 Å². The molecule has 1 aliphatic rings. The number of carbonyl (C=O) groups excluding carboxylic acids is 1. The van der Waals surface area contributed by atoms with Crippen LogP contribution in [0.5, 0.6) is 0 Å². The smallest absolute Gasteiger partial charge is 0.407 e. The standard InChI is InChI=1S/C9H15NO6/c1-8(2)9(3,16-15-8)5-14-7(13)10-4-6(11)12/h4-5H2,1-3H3,(H,10,13)(H,11,12). The topological polar surface area (TPSA) is 94.1 Å². The van der Waals surface area contributed by atoms with Gasteiger partial charge in [-0.1, -0.05) is 0 Å². The Hall–Kier alpha value is -1.34. The van der Waals surface area contributed by atoms with E-state index < -0.39 is 29.8 Å². The van der Waals surface area contributed by atoms with Gasteiger partial charge in [-0.2, -0.15) is 0 Å². The average Bonchev–Trinajstić information content (AvgIpc) is 2.21. The van der Waals surface area contributed by atoms with Gasteiger partial charge in [0.1, 0.15) is 18.8 Å². The van der Waals surface area contributed by atoms with Gasteiger partial charge in [-0.15, -0.1) is 0 Å². The summed E-state index contributed by atoms with van der Waals surface area (Å²) in [5.74, 6) is -1.13. The van der Waals surface area contributed by atoms with Gasteiger partial charge in [0.25, 0.3) is 0 Å². The van der Waals surface area contributed by atoms with E-state index in [1.54, 1.807) is 20.8 Å². The van der Waals surface area contributed by atoms with Crippen molar-refractivity contribution in [3.05, 3.63) is 0 Å². The first-order chi connectivity index (χ1) is 7.27. The fraction of sp³-hybridized carbons (Fsp3) is 0.778. The summed E-state index contributed by atoms with van der Waals surface area (Å²) in [6.07, 6.45) is -0.796. The van der Waals surface area contributed by atoms with Crippen LogP contribution >= 0.6 is 0 Å². The van der Waals surface area contributed by atoms with Crippen molar-refractivity contribution in [1.29, 1.82) is 0 Å². The van der Waals surface area contributed by atoms with Crippen LogP contribution in [0, 0.1) is 0 Å². The van der Waals surface area contributed by atoms with E-state index in [9.17, 15) is 9.59 Å². The SMILES string of the molecule is CC1(C)OOC1(C)COC(=O)NCC(=O)O. The Morgan fingerprint density at radius 1 is 1.31 bits per heavy atom. The number of alkyl carbamates (subject to hydrolysis) is 1. The molecule has 0 aromatic carbocycles. The van der Waals surface area contributed by atoms with E-state index in [0.717, 1.165) is 0 Å². The molecule has 1 saturated heterocycles. The van der Waals surface area contributed by atoms with E-state index in [1.165, 1.54) is 0 Å². The van der Waals surface area contributed by atoms with Gasteiger partial charge in [0.2, 0.25) is 0 Å². The Morgan fingerprint density at radius 2 is 1.94 bits per heavy atom. The maximum absolute atomic E-state index is 11.1. The number of hydrogen-bond donors (Lipinski definition) is 2. The number of amides is 1. The number of hydrogen-bond acceptors (Lipinski definition) is 5. The summed E-state index contributed by atoms with van der Waals surface area (Å²) in [5, 5.41) is 10.4. The lowest BCUT2D eigenvalue weighted by Crippen LogP contribution is -2.64. The summed E-state index contributed by atoms with van der Waals surface area (Å²) in [5.41, 5.74) is -1.26. The first kappa shape index (κ1) is 12.7. The zero-order chi connectivity index (χ0) is 12.4. The highest BCUT2D eigenvalue weighted by atomic mass is 17.3. The quantitative estimate of drug-likeness (QED) is 0.678. The van der Waals surface area contributed by atoms with Crippen molar-refractivity contribution in [1.82, 2.24) is 5.32 Å². The molecule has 92 valence electrons. The zero-order valence-electron chi connectivity index (χ0n) is 9.40. The van der Waals surface area contributed by atoms with Crippen molar-refractivity contribution in [2.75, 3.05) is 13.2 Å². The lowest BCUT2D eigenvalue weighted by Gasteiger charge is -2.49. The molecule has 7 nitrogen and oxygen atoms in total. The maximum Gasteiger partial charge on any atom is 0.407 e. The van der Waals surface area contributed by atoms with Crippen LogP contribution in [-0.2, 0) is 19.3 Å². The van der Waals surface area contributed by atoms with Crippen molar-refractivity contribution in [3.63, 3.8) is 0 Å². The third-order valence-electron chi connectivity index (χ3n) is 2.57. The molecule has 1 heterocycles. The van der Waals surface area contributed by atoms with Crippen molar-refractivity contribution < 1.29 is 29.2 Å². The number of carboxylic acids is 1. The highest BCUT2D eigenvalue weighted by Crippen LogP contribution is 2.39. The molecule has 0 aromatic rings. The fourth-order valence-corrected chi connectivity index (χ4v) is 0.951. The molecule has 1 fully saturated rings. The van der Waals surface area contributed by atoms with Crippen LogP contribution < -0.4 is 5.32 Å². The Kier molecular flexibility index (Phi) is 3.39. The lowest BCUT2D eigenvalue weighted by molar-refractivity contribution is -0.543. The van der Waals surface area contributed by atoms with Crippen LogP contribution in [0.4, 0.5) is 4.79 Å². The fourth-order valence-electron chi connectivity index (χ4n) is 0.951. The van der Waals surface area contributed by atoms with Crippen LogP contribution in [0.25, 0.3) is 0 Å². The lowest BCUT2D eigenvalue weighted by atomic mass is 9.86. The van der Waals surface area contributed by atoms with Crippen LogP contribution in [0.1, 0.15) is 20.8 Å². The zero-order valence-corrected chi connectivity index (χ0v) is 9.40. The van der Waals surface area contributed by atoms with Crippen LogP contribution in [0.15, 0.2) is 0 Å². The summed E-state index contributed by atoms with van der Waals surface area (Å²) in [7, 11) is 0. The summed E-state index contributed by atoms with van der Waals surface area (Å²) in [6, 6.07) is 0. The predicted molar refractivity (Wildman–Crippen MR) is 51.6 cm³/mol. The summed E-state index contributed by atoms with van der Waals surface area (Å²) < 4.78 is 4.82. The van der Waals surface area contributed by atoms with Crippen molar-refractivity contribution >= 4 is 12.1 Å². The monoisotopic (exact) mass is 233 g/mol. The number of rotatable bonds is 4. The first-order valence-corrected chi connectivity index (χ1v) is 4.76. The van der Waals surface area contributed by atoms with Gasteiger partial charge in [-0.25, -0.2) is 14.6 Å². The molecule has 0 spiro atoms. The number of ether oxygens (including phenoxy) is 1. The highest BCUT2D eigenvalue weighted by Gasteiger charge is 2.55. The number of carbonyl (C=O) groups is 2. The molecule has 0 bridgehead atoms. The molecule has 1 atom stereocenters. The molecule has 1 aliphatic heterocycles. The van der Waals surface area contributed by atoms with Gasteiger partial charge in [0.05, 0.1) is 0 Å². The number of carboxylic acid groups (broad SMARTS) is 1. The van der Waals surface area contributed by atoms with E-state index in [1.807, 2.05) is 0 Å². The molecule has 0 saturated carbocycles. The van der Waals surface area contributed by atoms with Crippen molar-refractivity contribution in [2.24, 2.45) is 0 Å². The molecule has 0 aromatic heterocycles. The Balaban J connectivity index is 2.29. The molecule has 2 N–H and O–H groups in total. The Labute approximate surface area is 92.6 Å². The highest BCUT2D eigenvalue weighted by molar-refractivity contribution is 5.76. The minimum Gasteiger partial charge on any atom is -0.480 e. The van der Waals surface area contributed by atoms with E-state index in [-0.39, 0.29) is 6.61 Å². The van der Waals surface area contributed by atoms with E-state index in [2.05, 4.69) is 5.32 Å². The second kappa shape index (κ2) is 4.26. The molecule has 1 unspecified atom stereocenters. The average molecular weight is 233 g/mol. The Bertz CT molecular complexity index is 302. The third kappa shape index (κ3) is 2.61. The summed E-state index contributed by atoms with van der Waals surface area (Å²) in [6.45, 7) is 4.85. The van der Waals surface area contributed by atoms with Crippen LogP contribution in [0.3, 0.4) is 0 Å². The molecule has 1 amide bonds. The predicted octanol–water partition coefficient (Wildman–Crippen LogP) is 0.296. The molecule has 16 heavy (non-hydrogen) atoms. The van der Waals surface area contributed by atoms with Gasteiger partial charge in [0, 0.05) is 0 Å². The summed E-state index contributed by atoms with van der Waals surface area (Å²) in [4.78, 5) is 31.0. The largest absolute Gasteiger partial charge is 0.480 e. The molecular weight excluding hydrogens is 218 g/mol. The number of aliphatic carboxylic acids is 1. The van der Waals surface area contributed by atoms with Gasteiger partial charge >= 0.3 is 12.1 Å². The third-order valence-corrected chi connectivity index (χ3v) is 2.57. The summed E-state index contributed by atoms with van der Waals surface area (Å²) >= 11 is 0. The van der Waals surface area contributed by atoms with E-state index >= 15 is 0 Å². The number of nitrogens with one attached hydrogen (secondary N) is 1. The normalized spacial score (nSPS) is 26.7. The molecular formula is C9H15NO6. The Morgan fingerprint density at radius 3 is 2.31 bits per heavy atom. The first-order valence-electron chi connectivity index (χ1n) is 4.76. The van der Waals surface area contributed by atoms with Gasteiger partial charge in [-0.05, 0) is 20.8 Å². The van der Waals surface area contributed by atoms with Crippen LogP contribution in [-0.4, -0.2) is 41.5 Å². The molecule has 1 rings (SSSR count). The van der Waals surface area contributed by atoms with Crippen molar-refractivity contribution in [2.45, 2.75) is 32.0 Å². The van der Waals surface area contributed by atoms with E-state index in [4.69, 9.17) is 19.6 Å². The molecule has 7 heteroatoms. The molecule has 0 aliphatic carbocycles. The minimum absolute atomic E-state index is 0.00848. The van der Waals surface area contributed by atoms with Gasteiger partial charge < -0.3 is 15.2 Å². The van der Waals surface area contributed by atoms with Crippen LogP contribution in [0.2, 0.25) is 0 Å². The van der Waals surface area contributed by atoms with E-state index in [0.29, 0.717) is 0 Å². The minimum atomic E-state index is -1.13. The maximum atomic E-state index is 11.1. The second-order valence-electron chi connectivity index (χ2n) is 4.23. The van der Waals surface area contributed by atoms with Gasteiger partial charge in [-0.3, -0.25) is 4.79 Å². The second-order valence-corrected chi connectivity index (χ2v) is 4.23. The molecule has 0 radical (unpaired) electrons. The van der Waals surface area contributed by atoms with Gasteiger partial charge in [0.15, 0.2) is 5.60 Å².